The van der Waals surface area contributed by atoms with Crippen molar-refractivity contribution in [3.05, 3.63) is 11.6 Å². The smallest absolute Gasteiger partial charge is 0.188 e. The maximum atomic E-state index is 9.59. The average Bonchev–Trinajstić information content (AvgIpc) is 2.45. The van der Waals surface area contributed by atoms with Crippen molar-refractivity contribution in [2.45, 2.75) is 18.5 Å². The molecule has 0 aromatic rings. The molecule has 1 fully saturated rings. The topological polar surface area (TPSA) is 47.9 Å². The van der Waals surface area contributed by atoms with Crippen LogP contribution in [0.4, 0.5) is 0 Å². The lowest BCUT2D eigenvalue weighted by molar-refractivity contribution is -0.122. The van der Waals surface area contributed by atoms with E-state index >= 15 is 0 Å². The first-order valence-corrected chi connectivity index (χ1v) is 3.96. The van der Waals surface area contributed by atoms with Crippen molar-refractivity contribution in [1.82, 2.24) is 0 Å². The van der Waals surface area contributed by atoms with Crippen LogP contribution in [0.2, 0.25) is 0 Å². The number of hydrogen-bond acceptors (Lipinski definition) is 4. The number of hydrogen-bond donors (Lipinski definition) is 1. The summed E-state index contributed by atoms with van der Waals surface area (Å²) < 4.78 is 15.4. The minimum absolute atomic E-state index is 0.00329. The molecule has 2 bridgehead atoms. The van der Waals surface area contributed by atoms with Crippen LogP contribution in [0.15, 0.2) is 11.6 Å². The molecule has 0 aromatic heterocycles. The van der Waals surface area contributed by atoms with Gasteiger partial charge in [0.2, 0.25) is 0 Å². The Morgan fingerprint density at radius 1 is 1.75 bits per heavy atom. The molecule has 2 aliphatic heterocycles. The fraction of sp³-hybridized carbons (Fsp3) is 0.750. The van der Waals surface area contributed by atoms with Gasteiger partial charge < -0.3 is 19.3 Å². The summed E-state index contributed by atoms with van der Waals surface area (Å²) in [6.45, 7) is 0.982. The molecule has 2 heterocycles. The van der Waals surface area contributed by atoms with Gasteiger partial charge in [-0.3, -0.25) is 0 Å². The van der Waals surface area contributed by atoms with E-state index < -0.39 is 12.4 Å². The molecule has 0 aromatic carbocycles. The molecule has 1 saturated heterocycles. The van der Waals surface area contributed by atoms with Crippen LogP contribution in [0.3, 0.4) is 0 Å². The van der Waals surface area contributed by atoms with Crippen molar-refractivity contribution in [2.75, 3.05) is 20.3 Å². The second kappa shape index (κ2) is 3.14. The van der Waals surface area contributed by atoms with E-state index in [4.69, 9.17) is 14.2 Å². The first-order chi connectivity index (χ1) is 5.81. The summed E-state index contributed by atoms with van der Waals surface area (Å²) in [5.74, 6) is 0. The first-order valence-electron chi connectivity index (χ1n) is 3.96. The van der Waals surface area contributed by atoms with Crippen LogP contribution in [-0.2, 0) is 14.2 Å². The van der Waals surface area contributed by atoms with Gasteiger partial charge in [-0.2, -0.15) is 0 Å². The monoisotopic (exact) mass is 172 g/mol. The van der Waals surface area contributed by atoms with Gasteiger partial charge in [0.15, 0.2) is 6.29 Å². The SMILES string of the molecule is COCC1=C[C@H]2CO[C@H](O2)[C@H]1O. The molecule has 0 aliphatic carbocycles. The molecule has 1 N–H and O–H groups in total. The highest BCUT2D eigenvalue weighted by Crippen LogP contribution is 2.26. The van der Waals surface area contributed by atoms with Crippen molar-refractivity contribution in [2.24, 2.45) is 0 Å². The van der Waals surface area contributed by atoms with Crippen LogP contribution in [0, 0.1) is 0 Å². The fourth-order valence-electron chi connectivity index (χ4n) is 1.51. The Bertz CT molecular complexity index is 201. The van der Waals surface area contributed by atoms with Gasteiger partial charge in [0.05, 0.1) is 13.2 Å². The van der Waals surface area contributed by atoms with E-state index in [1.54, 1.807) is 7.11 Å². The number of methoxy groups -OCH3 is 1. The van der Waals surface area contributed by atoms with Gasteiger partial charge in [0.25, 0.3) is 0 Å². The van der Waals surface area contributed by atoms with E-state index in [2.05, 4.69) is 0 Å². The second-order valence-electron chi connectivity index (χ2n) is 3.00. The molecule has 0 amide bonds. The highest BCUT2D eigenvalue weighted by Gasteiger charge is 2.37. The maximum Gasteiger partial charge on any atom is 0.188 e. The number of aliphatic hydroxyl groups excluding tert-OH is 1. The molecule has 2 rings (SSSR count). The Kier molecular flexibility index (Phi) is 2.14. The summed E-state index contributed by atoms with van der Waals surface area (Å²) in [6, 6.07) is 0. The Hall–Kier alpha value is -0.420. The van der Waals surface area contributed by atoms with Crippen molar-refractivity contribution >= 4 is 0 Å². The summed E-state index contributed by atoms with van der Waals surface area (Å²) in [7, 11) is 1.60. The van der Waals surface area contributed by atoms with Crippen LogP contribution in [0.25, 0.3) is 0 Å². The van der Waals surface area contributed by atoms with Gasteiger partial charge >= 0.3 is 0 Å². The van der Waals surface area contributed by atoms with Gasteiger partial charge in [0.1, 0.15) is 12.2 Å². The third-order valence-electron chi connectivity index (χ3n) is 2.08. The first kappa shape index (κ1) is 8.19. The maximum absolute atomic E-state index is 9.59. The summed E-state index contributed by atoms with van der Waals surface area (Å²) in [5.41, 5.74) is 0.858. The van der Waals surface area contributed by atoms with Gasteiger partial charge in [-0.1, -0.05) is 0 Å². The van der Waals surface area contributed by atoms with E-state index in [-0.39, 0.29) is 6.10 Å². The zero-order chi connectivity index (χ0) is 8.55. The van der Waals surface area contributed by atoms with Crippen molar-refractivity contribution < 1.29 is 19.3 Å². The summed E-state index contributed by atoms with van der Waals surface area (Å²) in [4.78, 5) is 0. The van der Waals surface area contributed by atoms with Crippen LogP contribution in [0.1, 0.15) is 0 Å². The minimum atomic E-state index is -0.663. The molecule has 4 nitrogen and oxygen atoms in total. The lowest BCUT2D eigenvalue weighted by atomic mass is 10.1. The molecule has 0 saturated carbocycles. The van der Waals surface area contributed by atoms with E-state index in [1.165, 1.54) is 0 Å². The Balaban J connectivity index is 2.11. The van der Waals surface area contributed by atoms with Crippen molar-refractivity contribution in [3.63, 3.8) is 0 Å². The molecule has 68 valence electrons. The Morgan fingerprint density at radius 3 is 3.33 bits per heavy atom. The predicted octanol–water partition coefficient (Wildman–Crippen LogP) is -0.325. The quantitative estimate of drug-likeness (QED) is 0.580. The van der Waals surface area contributed by atoms with Gasteiger partial charge in [-0.05, 0) is 11.6 Å². The highest BCUT2D eigenvalue weighted by molar-refractivity contribution is 5.17. The van der Waals surface area contributed by atoms with Crippen LogP contribution in [-0.4, -0.2) is 43.9 Å². The van der Waals surface area contributed by atoms with Gasteiger partial charge in [-0.25, -0.2) is 0 Å². The zero-order valence-corrected chi connectivity index (χ0v) is 6.90. The zero-order valence-electron chi connectivity index (χ0n) is 6.90. The molecule has 0 spiro atoms. The highest BCUT2D eigenvalue weighted by atomic mass is 16.7. The standard InChI is InChI=1S/C8H12O4/c1-10-3-5-2-6-4-11-8(12-6)7(5)9/h2,6-9H,3-4H2,1H3/t6-,7-,8+/m0/s1. The Morgan fingerprint density at radius 2 is 2.58 bits per heavy atom. The van der Waals surface area contributed by atoms with Gasteiger partial charge in [0, 0.05) is 7.11 Å². The third-order valence-corrected chi connectivity index (χ3v) is 2.08. The number of aliphatic hydroxyl groups is 1. The van der Waals surface area contributed by atoms with Crippen LogP contribution >= 0.6 is 0 Å². The molecule has 3 atom stereocenters. The lowest BCUT2D eigenvalue weighted by Crippen LogP contribution is -2.34. The molecular formula is C8H12O4. The largest absolute Gasteiger partial charge is 0.383 e. The van der Waals surface area contributed by atoms with E-state index in [9.17, 15) is 5.11 Å². The summed E-state index contributed by atoms with van der Waals surface area (Å²) in [5, 5.41) is 9.59. The number of ether oxygens (including phenoxy) is 3. The molecular weight excluding hydrogens is 160 g/mol. The van der Waals surface area contributed by atoms with E-state index in [0.717, 1.165) is 5.57 Å². The average molecular weight is 172 g/mol. The van der Waals surface area contributed by atoms with Gasteiger partial charge in [-0.15, -0.1) is 0 Å². The summed E-state index contributed by atoms with van der Waals surface area (Å²) in [6.07, 6.45) is 0.731. The molecule has 0 unspecified atom stereocenters. The minimum Gasteiger partial charge on any atom is -0.383 e. The third kappa shape index (κ3) is 1.27. The Labute approximate surface area is 70.7 Å². The molecule has 0 radical (unpaired) electrons. The predicted molar refractivity (Wildman–Crippen MR) is 40.6 cm³/mol. The summed E-state index contributed by atoms with van der Waals surface area (Å²) >= 11 is 0. The molecule has 12 heavy (non-hydrogen) atoms. The molecule has 2 aliphatic rings. The number of fused-ring (bicyclic) bond motifs is 2. The van der Waals surface area contributed by atoms with Crippen LogP contribution < -0.4 is 0 Å². The van der Waals surface area contributed by atoms with Crippen molar-refractivity contribution in [1.29, 1.82) is 0 Å². The van der Waals surface area contributed by atoms with E-state index in [0.29, 0.717) is 13.2 Å². The normalized spacial score (nSPS) is 39.8. The second-order valence-corrected chi connectivity index (χ2v) is 3.00. The van der Waals surface area contributed by atoms with E-state index in [1.807, 2.05) is 6.08 Å². The van der Waals surface area contributed by atoms with Crippen LogP contribution in [0.5, 0.6) is 0 Å². The lowest BCUT2D eigenvalue weighted by Gasteiger charge is -2.24. The van der Waals surface area contributed by atoms with Crippen molar-refractivity contribution in [3.8, 4) is 0 Å². The molecule has 4 heteroatoms. The number of rotatable bonds is 2. The fourth-order valence-corrected chi connectivity index (χ4v) is 1.51.